The lowest BCUT2D eigenvalue weighted by molar-refractivity contribution is -0.127. The first-order chi connectivity index (χ1) is 12.7. The monoisotopic (exact) mass is 353 g/mol. The van der Waals surface area contributed by atoms with Crippen LogP contribution in [0.25, 0.3) is 0 Å². The molecule has 0 radical (unpaired) electrons. The summed E-state index contributed by atoms with van der Waals surface area (Å²) >= 11 is 0. The Bertz CT molecular complexity index is 753. The van der Waals surface area contributed by atoms with Gasteiger partial charge in [0.05, 0.1) is 30.8 Å². The van der Waals surface area contributed by atoms with Crippen LogP contribution in [-0.4, -0.2) is 48.7 Å². The number of fused-ring (bicyclic) bond motifs is 1. The Morgan fingerprint density at radius 1 is 1.46 bits per heavy atom. The maximum Gasteiger partial charge on any atom is 0.249 e. The van der Waals surface area contributed by atoms with Crippen LogP contribution < -0.4 is 4.74 Å². The van der Waals surface area contributed by atoms with Crippen LogP contribution in [0, 0.1) is 22.7 Å². The van der Waals surface area contributed by atoms with Crippen molar-refractivity contribution in [2.24, 2.45) is 11.3 Å². The Balaban J connectivity index is 1.43. The summed E-state index contributed by atoms with van der Waals surface area (Å²) in [5, 5.41) is 8.85. The Morgan fingerprint density at radius 2 is 2.38 bits per heavy atom. The van der Waals surface area contributed by atoms with Crippen molar-refractivity contribution in [2.75, 3.05) is 32.9 Å². The topological polar surface area (TPSA) is 75.5 Å². The van der Waals surface area contributed by atoms with Crippen LogP contribution in [-0.2, 0) is 9.53 Å². The van der Waals surface area contributed by atoms with Crippen LogP contribution in [0.2, 0.25) is 0 Å². The van der Waals surface area contributed by atoms with Crippen LogP contribution in [0.4, 0.5) is 0 Å². The number of rotatable bonds is 4. The average molecular weight is 353 g/mol. The highest BCUT2D eigenvalue weighted by molar-refractivity contribution is 5.93. The van der Waals surface area contributed by atoms with E-state index in [1.807, 2.05) is 11.0 Å². The van der Waals surface area contributed by atoms with Gasteiger partial charge in [0.2, 0.25) is 11.8 Å². The van der Waals surface area contributed by atoms with E-state index in [2.05, 4.69) is 11.1 Å². The second-order valence-electron chi connectivity index (χ2n) is 7.52. The zero-order valence-corrected chi connectivity index (χ0v) is 14.8. The number of carbonyl (C=O) groups excluding carboxylic acids is 1. The SMILES string of the molecule is N#Cc1ccc(OC[C@]23COC[C@H]2CN(C(=O)C2=CCCCC2)C3)nc1. The van der Waals surface area contributed by atoms with Gasteiger partial charge in [0.15, 0.2) is 0 Å². The van der Waals surface area contributed by atoms with Gasteiger partial charge in [-0.1, -0.05) is 6.08 Å². The van der Waals surface area contributed by atoms with Crippen molar-refractivity contribution < 1.29 is 14.3 Å². The van der Waals surface area contributed by atoms with Crippen molar-refractivity contribution in [1.82, 2.24) is 9.88 Å². The van der Waals surface area contributed by atoms with E-state index in [0.29, 0.717) is 43.7 Å². The molecule has 6 nitrogen and oxygen atoms in total. The zero-order chi connectivity index (χ0) is 18.0. The van der Waals surface area contributed by atoms with Gasteiger partial charge in [0.25, 0.3) is 0 Å². The average Bonchev–Trinajstić information content (AvgIpc) is 3.24. The van der Waals surface area contributed by atoms with E-state index >= 15 is 0 Å². The summed E-state index contributed by atoms with van der Waals surface area (Å²) in [7, 11) is 0. The fourth-order valence-electron chi connectivity index (χ4n) is 4.18. The summed E-state index contributed by atoms with van der Waals surface area (Å²) in [6.45, 7) is 3.16. The van der Waals surface area contributed by atoms with Crippen LogP contribution >= 0.6 is 0 Å². The number of hydrogen-bond acceptors (Lipinski definition) is 5. The molecule has 3 aliphatic rings. The highest BCUT2D eigenvalue weighted by atomic mass is 16.5. The zero-order valence-electron chi connectivity index (χ0n) is 14.8. The third kappa shape index (κ3) is 3.19. The third-order valence-corrected chi connectivity index (χ3v) is 5.75. The minimum Gasteiger partial charge on any atom is -0.477 e. The molecule has 0 unspecified atom stereocenters. The number of nitriles is 1. The number of carbonyl (C=O) groups is 1. The first-order valence-corrected chi connectivity index (χ1v) is 9.25. The molecule has 1 aliphatic carbocycles. The molecule has 1 aromatic heterocycles. The van der Waals surface area contributed by atoms with Gasteiger partial charge in [-0.2, -0.15) is 5.26 Å². The summed E-state index contributed by atoms with van der Waals surface area (Å²) in [6, 6.07) is 5.46. The summed E-state index contributed by atoms with van der Waals surface area (Å²) < 4.78 is 11.6. The standard InChI is InChI=1S/C20H23N3O3/c21-8-15-6-7-18(22-9-15)26-14-20-12-23(10-17(20)11-25-13-20)19(24)16-4-2-1-3-5-16/h4,6-7,9,17H,1-3,5,10-14H2/t17-,20+/m1/s1. The van der Waals surface area contributed by atoms with Crippen molar-refractivity contribution in [1.29, 1.82) is 5.26 Å². The number of hydrogen-bond donors (Lipinski definition) is 0. The van der Waals surface area contributed by atoms with Gasteiger partial charge in [0.1, 0.15) is 6.07 Å². The van der Waals surface area contributed by atoms with E-state index in [-0.39, 0.29) is 11.3 Å². The van der Waals surface area contributed by atoms with Crippen LogP contribution in [0.15, 0.2) is 30.0 Å². The number of pyridine rings is 1. The molecule has 1 aromatic rings. The second kappa shape index (κ2) is 7.08. The van der Waals surface area contributed by atoms with Gasteiger partial charge in [0, 0.05) is 36.8 Å². The molecule has 0 bridgehead atoms. The van der Waals surface area contributed by atoms with Crippen molar-refractivity contribution in [3.8, 4) is 11.9 Å². The molecule has 0 aromatic carbocycles. The van der Waals surface area contributed by atoms with E-state index in [1.54, 1.807) is 12.1 Å². The maximum atomic E-state index is 12.9. The largest absolute Gasteiger partial charge is 0.477 e. The van der Waals surface area contributed by atoms with Crippen LogP contribution in [0.1, 0.15) is 31.2 Å². The first-order valence-electron chi connectivity index (χ1n) is 9.25. The lowest BCUT2D eigenvalue weighted by Gasteiger charge is -2.27. The molecule has 2 atom stereocenters. The normalized spacial score (nSPS) is 27.6. The van der Waals surface area contributed by atoms with Crippen LogP contribution in [0.3, 0.4) is 0 Å². The fraction of sp³-hybridized carbons (Fsp3) is 0.550. The molecule has 0 N–H and O–H groups in total. The molecule has 2 saturated heterocycles. The number of nitrogens with zero attached hydrogens (tertiary/aromatic N) is 3. The number of aromatic nitrogens is 1. The van der Waals surface area contributed by atoms with Crippen molar-refractivity contribution >= 4 is 5.91 Å². The van der Waals surface area contributed by atoms with Gasteiger partial charge < -0.3 is 14.4 Å². The quantitative estimate of drug-likeness (QED) is 0.830. The predicted octanol–water partition coefficient (Wildman–Crippen LogP) is 2.31. The van der Waals surface area contributed by atoms with Gasteiger partial charge in [-0.3, -0.25) is 4.79 Å². The van der Waals surface area contributed by atoms with E-state index in [0.717, 1.165) is 31.4 Å². The molecule has 0 saturated carbocycles. The fourth-order valence-corrected chi connectivity index (χ4v) is 4.18. The summed E-state index contributed by atoms with van der Waals surface area (Å²) in [6.07, 6.45) is 7.82. The molecule has 6 heteroatoms. The van der Waals surface area contributed by atoms with Gasteiger partial charge in [-0.15, -0.1) is 0 Å². The van der Waals surface area contributed by atoms with E-state index < -0.39 is 0 Å². The molecule has 26 heavy (non-hydrogen) atoms. The van der Waals surface area contributed by atoms with Crippen molar-refractivity contribution in [2.45, 2.75) is 25.7 Å². The molecular formula is C20H23N3O3. The number of amides is 1. The Kier molecular flexibility index (Phi) is 4.64. The molecule has 1 amide bonds. The molecule has 136 valence electrons. The highest BCUT2D eigenvalue weighted by Crippen LogP contribution is 2.42. The molecule has 2 aliphatic heterocycles. The molecule has 3 heterocycles. The minimum atomic E-state index is -0.166. The van der Waals surface area contributed by atoms with E-state index in [9.17, 15) is 4.79 Å². The van der Waals surface area contributed by atoms with Gasteiger partial charge in [-0.05, 0) is 31.7 Å². The van der Waals surface area contributed by atoms with Crippen molar-refractivity contribution in [3.63, 3.8) is 0 Å². The summed E-state index contributed by atoms with van der Waals surface area (Å²) in [5.41, 5.74) is 1.32. The smallest absolute Gasteiger partial charge is 0.249 e. The number of likely N-dealkylation sites (tertiary alicyclic amines) is 1. The van der Waals surface area contributed by atoms with E-state index in [1.165, 1.54) is 12.6 Å². The third-order valence-electron chi connectivity index (χ3n) is 5.75. The second-order valence-corrected chi connectivity index (χ2v) is 7.52. The molecule has 4 rings (SSSR count). The van der Waals surface area contributed by atoms with E-state index in [4.69, 9.17) is 14.7 Å². The number of allylic oxidation sites excluding steroid dienone is 1. The van der Waals surface area contributed by atoms with Crippen LogP contribution in [0.5, 0.6) is 5.88 Å². The Morgan fingerprint density at radius 3 is 3.12 bits per heavy atom. The highest BCUT2D eigenvalue weighted by Gasteiger charge is 2.52. The Labute approximate surface area is 153 Å². The van der Waals surface area contributed by atoms with Crippen molar-refractivity contribution in [3.05, 3.63) is 35.5 Å². The lowest BCUT2D eigenvalue weighted by Crippen LogP contribution is -2.38. The summed E-state index contributed by atoms with van der Waals surface area (Å²) in [4.78, 5) is 19.0. The lowest BCUT2D eigenvalue weighted by atomic mass is 9.82. The van der Waals surface area contributed by atoms with Gasteiger partial charge in [-0.25, -0.2) is 4.98 Å². The molecule has 2 fully saturated rings. The predicted molar refractivity (Wildman–Crippen MR) is 94.3 cm³/mol. The molecular weight excluding hydrogens is 330 g/mol. The van der Waals surface area contributed by atoms with Gasteiger partial charge >= 0.3 is 0 Å². The molecule has 0 spiro atoms. The first kappa shape index (κ1) is 17.0. The maximum absolute atomic E-state index is 12.9. The summed E-state index contributed by atoms with van der Waals surface area (Å²) in [5.74, 6) is 0.993. The Hall–Kier alpha value is -2.39. The number of ether oxygens (including phenoxy) is 2. The minimum absolute atomic E-state index is 0.166.